The molecule has 6 nitrogen and oxygen atoms in total. The number of ether oxygens (including phenoxy) is 4. The van der Waals surface area contributed by atoms with E-state index in [1.807, 2.05) is 11.0 Å². The first-order valence-electron chi connectivity index (χ1n) is 9.10. The summed E-state index contributed by atoms with van der Waals surface area (Å²) in [6, 6.07) is 6.05. The Balaban J connectivity index is 1.86. The number of hydrogen-bond donors (Lipinski definition) is 0. The van der Waals surface area contributed by atoms with Gasteiger partial charge in [0.2, 0.25) is 12.7 Å². The van der Waals surface area contributed by atoms with Crippen molar-refractivity contribution in [3.63, 3.8) is 0 Å². The van der Waals surface area contributed by atoms with Crippen molar-refractivity contribution in [2.75, 3.05) is 27.6 Å². The van der Waals surface area contributed by atoms with Gasteiger partial charge in [-0.25, -0.2) is 0 Å². The molecule has 2 aliphatic heterocycles. The number of methoxy groups -OCH3 is 2. The lowest BCUT2D eigenvalue weighted by Gasteiger charge is -2.41. The molecule has 0 N–H and O–H groups in total. The van der Waals surface area contributed by atoms with Gasteiger partial charge in [0, 0.05) is 24.6 Å². The second-order valence-corrected chi connectivity index (χ2v) is 7.08. The molecule has 0 aromatic heterocycles. The lowest BCUT2D eigenvalue weighted by atomic mass is 9.76. The predicted molar refractivity (Wildman–Crippen MR) is 98.6 cm³/mol. The van der Waals surface area contributed by atoms with Crippen molar-refractivity contribution in [1.82, 2.24) is 4.90 Å². The molecule has 0 spiro atoms. The van der Waals surface area contributed by atoms with E-state index in [9.17, 15) is 4.79 Å². The van der Waals surface area contributed by atoms with Crippen LogP contribution in [0.1, 0.15) is 29.7 Å². The molecule has 140 valence electrons. The third-order valence-electron chi connectivity index (χ3n) is 5.82. The van der Waals surface area contributed by atoms with E-state index in [1.54, 1.807) is 21.1 Å². The quantitative estimate of drug-likeness (QED) is 0.816. The van der Waals surface area contributed by atoms with Gasteiger partial charge in [0.25, 0.3) is 0 Å². The zero-order valence-corrected chi connectivity index (χ0v) is 15.6. The molecule has 1 aliphatic carbocycles. The maximum Gasteiger partial charge on any atom is 0.231 e. The molecule has 2 heterocycles. The van der Waals surface area contributed by atoms with E-state index in [-0.39, 0.29) is 18.7 Å². The first-order valence-corrected chi connectivity index (χ1v) is 9.10. The number of rotatable bonds is 2. The van der Waals surface area contributed by atoms with Gasteiger partial charge in [-0.2, -0.15) is 0 Å². The number of carbonyl (C=O) groups is 1. The van der Waals surface area contributed by atoms with Crippen LogP contribution >= 0.6 is 0 Å². The molecular weight excluding hydrogens is 346 g/mol. The summed E-state index contributed by atoms with van der Waals surface area (Å²) in [6.45, 7) is 2.56. The summed E-state index contributed by atoms with van der Waals surface area (Å²) < 4.78 is 22.9. The molecule has 3 aliphatic rings. The Kier molecular flexibility index (Phi) is 3.50. The van der Waals surface area contributed by atoms with E-state index < -0.39 is 0 Å². The van der Waals surface area contributed by atoms with Crippen LogP contribution in [0.3, 0.4) is 0 Å². The molecule has 0 unspecified atom stereocenters. The van der Waals surface area contributed by atoms with Crippen molar-refractivity contribution in [1.29, 1.82) is 0 Å². The van der Waals surface area contributed by atoms with Crippen molar-refractivity contribution in [3.8, 4) is 34.1 Å². The Morgan fingerprint density at radius 2 is 2.00 bits per heavy atom. The topological polar surface area (TPSA) is 57.2 Å². The average molecular weight is 367 g/mol. The van der Waals surface area contributed by atoms with E-state index in [0.29, 0.717) is 18.0 Å². The smallest absolute Gasteiger partial charge is 0.231 e. The van der Waals surface area contributed by atoms with E-state index in [2.05, 4.69) is 12.1 Å². The minimum atomic E-state index is 0.00125. The van der Waals surface area contributed by atoms with Crippen LogP contribution in [0, 0.1) is 0 Å². The summed E-state index contributed by atoms with van der Waals surface area (Å²) in [5.74, 6) is 2.96. The lowest BCUT2D eigenvalue weighted by molar-refractivity contribution is -0.131. The fourth-order valence-electron chi connectivity index (χ4n) is 4.71. The number of benzene rings is 2. The van der Waals surface area contributed by atoms with Gasteiger partial charge in [0.1, 0.15) is 0 Å². The fraction of sp³-hybridized carbons (Fsp3) is 0.381. The second-order valence-electron chi connectivity index (χ2n) is 7.08. The first kappa shape index (κ1) is 16.3. The molecule has 2 aromatic rings. The van der Waals surface area contributed by atoms with Gasteiger partial charge in [-0.15, -0.1) is 0 Å². The molecular formula is C21H21NO5. The third-order valence-corrected chi connectivity index (χ3v) is 5.82. The molecule has 0 fully saturated rings. The Morgan fingerprint density at radius 1 is 1.15 bits per heavy atom. The van der Waals surface area contributed by atoms with Crippen LogP contribution in [0.25, 0.3) is 11.1 Å². The van der Waals surface area contributed by atoms with Gasteiger partial charge < -0.3 is 23.8 Å². The molecule has 27 heavy (non-hydrogen) atoms. The van der Waals surface area contributed by atoms with Crippen molar-refractivity contribution >= 4 is 5.91 Å². The molecule has 1 atom stereocenters. The van der Waals surface area contributed by atoms with Crippen LogP contribution in [0.15, 0.2) is 18.2 Å². The summed E-state index contributed by atoms with van der Waals surface area (Å²) in [7, 11) is 3.29. The van der Waals surface area contributed by atoms with E-state index in [1.165, 1.54) is 5.56 Å². The normalized spacial score (nSPS) is 18.6. The van der Waals surface area contributed by atoms with Crippen LogP contribution in [-0.2, 0) is 17.6 Å². The third kappa shape index (κ3) is 2.16. The zero-order chi connectivity index (χ0) is 18.7. The molecule has 6 heteroatoms. The molecule has 0 saturated heterocycles. The molecule has 2 aromatic carbocycles. The minimum Gasteiger partial charge on any atom is -0.493 e. The summed E-state index contributed by atoms with van der Waals surface area (Å²) >= 11 is 0. The van der Waals surface area contributed by atoms with Crippen molar-refractivity contribution in [3.05, 3.63) is 34.9 Å². The largest absolute Gasteiger partial charge is 0.493 e. The number of carbonyl (C=O) groups excluding carboxylic acids is 1. The highest BCUT2D eigenvalue weighted by atomic mass is 16.7. The van der Waals surface area contributed by atoms with Gasteiger partial charge in [0.15, 0.2) is 23.0 Å². The maximum atomic E-state index is 12.3. The number of hydrogen-bond acceptors (Lipinski definition) is 5. The average Bonchev–Trinajstić information content (AvgIpc) is 3.14. The second kappa shape index (κ2) is 5.81. The van der Waals surface area contributed by atoms with Gasteiger partial charge in [0.05, 0.1) is 20.3 Å². The lowest BCUT2D eigenvalue weighted by Crippen LogP contribution is -2.41. The Labute approximate surface area is 157 Å². The van der Waals surface area contributed by atoms with Crippen molar-refractivity contribution in [2.24, 2.45) is 0 Å². The number of amides is 1. The van der Waals surface area contributed by atoms with Crippen molar-refractivity contribution in [2.45, 2.75) is 25.8 Å². The molecule has 0 saturated carbocycles. The van der Waals surface area contributed by atoms with Gasteiger partial charge in [-0.05, 0) is 41.7 Å². The molecule has 1 amide bonds. The predicted octanol–water partition coefficient (Wildman–Crippen LogP) is 3.10. The molecule has 0 radical (unpaired) electrons. The highest BCUT2D eigenvalue weighted by molar-refractivity contribution is 5.89. The van der Waals surface area contributed by atoms with E-state index in [0.717, 1.165) is 46.6 Å². The van der Waals surface area contributed by atoms with Crippen LogP contribution in [-0.4, -0.2) is 38.4 Å². The monoisotopic (exact) mass is 367 g/mol. The Bertz CT molecular complexity index is 968. The van der Waals surface area contributed by atoms with Crippen LogP contribution in [0.2, 0.25) is 0 Å². The Morgan fingerprint density at radius 3 is 2.74 bits per heavy atom. The number of fused-ring (bicyclic) bond motifs is 4. The molecule has 0 bridgehead atoms. The first-order chi connectivity index (χ1) is 13.1. The SMILES string of the molecule is COc1ccc2c(c1OC)-c1c3c(cc4c1[C@H](C2)N(C(C)=O)CC4)OCO3. The van der Waals surface area contributed by atoms with Crippen molar-refractivity contribution < 1.29 is 23.7 Å². The van der Waals surface area contributed by atoms with Crippen LogP contribution in [0.5, 0.6) is 23.0 Å². The molecule has 5 rings (SSSR count). The van der Waals surface area contributed by atoms with Gasteiger partial charge in [-0.1, -0.05) is 6.07 Å². The summed E-state index contributed by atoms with van der Waals surface area (Å²) in [5, 5.41) is 0. The Hall–Kier alpha value is -2.89. The highest BCUT2D eigenvalue weighted by Crippen LogP contribution is 2.57. The van der Waals surface area contributed by atoms with Gasteiger partial charge in [-0.3, -0.25) is 4.79 Å². The van der Waals surface area contributed by atoms with E-state index in [4.69, 9.17) is 18.9 Å². The van der Waals surface area contributed by atoms with Gasteiger partial charge >= 0.3 is 0 Å². The summed E-state index contributed by atoms with van der Waals surface area (Å²) in [6.07, 6.45) is 1.55. The maximum absolute atomic E-state index is 12.3. The standard InChI is InChI=1S/C21H21NO5/c1-11(23)22-7-6-13-9-16-21(27-10-26-16)19-17(13)14(22)8-12-4-5-15(24-2)20(25-3)18(12)19/h4-5,9,14H,6-8,10H2,1-3H3/t14-/m0/s1. The highest BCUT2D eigenvalue weighted by Gasteiger charge is 2.41. The summed E-state index contributed by atoms with van der Waals surface area (Å²) in [4.78, 5) is 14.3. The number of nitrogens with zero attached hydrogens (tertiary/aromatic N) is 1. The van der Waals surface area contributed by atoms with Crippen LogP contribution < -0.4 is 18.9 Å². The van der Waals surface area contributed by atoms with Crippen LogP contribution in [0.4, 0.5) is 0 Å². The zero-order valence-electron chi connectivity index (χ0n) is 15.6. The van der Waals surface area contributed by atoms with E-state index >= 15 is 0 Å². The fourth-order valence-corrected chi connectivity index (χ4v) is 4.71. The summed E-state index contributed by atoms with van der Waals surface area (Å²) in [5.41, 5.74) is 5.45. The minimum absolute atomic E-state index is 0.00125.